The summed E-state index contributed by atoms with van der Waals surface area (Å²) in [6, 6.07) is 1.49. The lowest BCUT2D eigenvalue weighted by Crippen LogP contribution is -2.03. The van der Waals surface area contributed by atoms with Gasteiger partial charge in [-0.3, -0.25) is 0 Å². The Hall–Kier alpha value is -1.49. The van der Waals surface area contributed by atoms with E-state index in [1.807, 2.05) is 0 Å². The second kappa shape index (κ2) is 5.03. The Morgan fingerprint density at radius 3 is 2.06 bits per heavy atom. The molecule has 5 heteroatoms. The van der Waals surface area contributed by atoms with Crippen LogP contribution in [0.2, 0.25) is 0 Å². The zero-order chi connectivity index (χ0) is 12.3. The predicted molar refractivity (Wildman–Crippen MR) is 56.7 cm³/mol. The number of halogens is 1. The molecule has 90 valence electrons. The van der Waals surface area contributed by atoms with Crippen molar-refractivity contribution in [3.63, 3.8) is 0 Å². The first-order chi connectivity index (χ1) is 7.56. The third-order valence-electron chi connectivity index (χ3n) is 2.25. The molecule has 0 saturated heterocycles. The van der Waals surface area contributed by atoms with Crippen LogP contribution < -0.4 is 14.2 Å². The maximum Gasteiger partial charge on any atom is 0.211 e. The van der Waals surface area contributed by atoms with E-state index in [0.717, 1.165) is 0 Å². The summed E-state index contributed by atoms with van der Waals surface area (Å²) >= 11 is 0. The number of aliphatic hydroxyl groups excluding tert-OH is 1. The standard InChI is InChI=1S/C11H15FO4/c1-6(13)7-5-8(14-2)11(16-4)9(12)10(7)15-3/h5-6,13H,1-4H3. The van der Waals surface area contributed by atoms with Crippen LogP contribution in [0, 0.1) is 5.82 Å². The van der Waals surface area contributed by atoms with Crippen LogP contribution in [0.1, 0.15) is 18.6 Å². The summed E-state index contributed by atoms with van der Waals surface area (Å²) in [4.78, 5) is 0. The smallest absolute Gasteiger partial charge is 0.211 e. The predicted octanol–water partition coefficient (Wildman–Crippen LogP) is 1.90. The first-order valence-corrected chi connectivity index (χ1v) is 4.73. The van der Waals surface area contributed by atoms with Crippen molar-refractivity contribution in [2.45, 2.75) is 13.0 Å². The van der Waals surface area contributed by atoms with Gasteiger partial charge in [-0.05, 0) is 13.0 Å². The topological polar surface area (TPSA) is 47.9 Å². The van der Waals surface area contributed by atoms with E-state index in [4.69, 9.17) is 14.2 Å². The van der Waals surface area contributed by atoms with Crippen molar-refractivity contribution >= 4 is 0 Å². The van der Waals surface area contributed by atoms with E-state index in [2.05, 4.69) is 0 Å². The highest BCUT2D eigenvalue weighted by molar-refractivity contribution is 5.52. The molecule has 1 aromatic carbocycles. The SMILES string of the molecule is COc1cc(C(C)O)c(OC)c(F)c1OC. The van der Waals surface area contributed by atoms with Crippen LogP contribution in [-0.2, 0) is 0 Å². The molecule has 0 amide bonds. The summed E-state index contributed by atoms with van der Waals surface area (Å²) in [7, 11) is 4.06. The lowest BCUT2D eigenvalue weighted by molar-refractivity contribution is 0.191. The van der Waals surface area contributed by atoms with Gasteiger partial charge >= 0.3 is 0 Å². The van der Waals surface area contributed by atoms with E-state index in [1.54, 1.807) is 0 Å². The number of ether oxygens (including phenoxy) is 3. The third-order valence-corrected chi connectivity index (χ3v) is 2.25. The summed E-state index contributed by atoms with van der Waals surface area (Å²) in [5, 5.41) is 9.50. The minimum atomic E-state index is -0.857. The van der Waals surface area contributed by atoms with Gasteiger partial charge in [0.25, 0.3) is 0 Å². The quantitative estimate of drug-likeness (QED) is 0.858. The number of rotatable bonds is 4. The minimum Gasteiger partial charge on any atom is -0.493 e. The van der Waals surface area contributed by atoms with Crippen LogP contribution in [0.5, 0.6) is 17.2 Å². The molecule has 0 heterocycles. The van der Waals surface area contributed by atoms with Gasteiger partial charge in [0.2, 0.25) is 11.6 Å². The van der Waals surface area contributed by atoms with E-state index >= 15 is 0 Å². The van der Waals surface area contributed by atoms with Crippen molar-refractivity contribution in [2.24, 2.45) is 0 Å². The monoisotopic (exact) mass is 230 g/mol. The van der Waals surface area contributed by atoms with Gasteiger partial charge in [0.1, 0.15) is 0 Å². The third kappa shape index (κ3) is 2.04. The van der Waals surface area contributed by atoms with Gasteiger partial charge in [0.15, 0.2) is 11.5 Å². The van der Waals surface area contributed by atoms with Crippen LogP contribution in [0.4, 0.5) is 4.39 Å². The molecular weight excluding hydrogens is 215 g/mol. The van der Waals surface area contributed by atoms with E-state index in [-0.39, 0.29) is 17.2 Å². The Balaban J connectivity index is 3.47. The van der Waals surface area contributed by atoms with E-state index in [0.29, 0.717) is 5.56 Å². The number of aliphatic hydroxyl groups is 1. The Bertz CT molecular complexity index is 377. The molecule has 0 bridgehead atoms. The summed E-state index contributed by atoms with van der Waals surface area (Å²) < 4.78 is 28.7. The number of hydrogen-bond donors (Lipinski definition) is 1. The first-order valence-electron chi connectivity index (χ1n) is 4.73. The fourth-order valence-electron chi connectivity index (χ4n) is 1.47. The molecule has 0 spiro atoms. The molecule has 1 rings (SSSR count). The van der Waals surface area contributed by atoms with Crippen molar-refractivity contribution < 1.29 is 23.7 Å². The zero-order valence-corrected chi connectivity index (χ0v) is 9.70. The Morgan fingerprint density at radius 2 is 1.69 bits per heavy atom. The van der Waals surface area contributed by atoms with Crippen molar-refractivity contribution in [1.82, 2.24) is 0 Å². The molecule has 1 aromatic rings. The summed E-state index contributed by atoms with van der Waals surface area (Å²) in [6.45, 7) is 1.52. The van der Waals surface area contributed by atoms with Crippen molar-refractivity contribution in [2.75, 3.05) is 21.3 Å². The molecule has 1 unspecified atom stereocenters. The maximum absolute atomic E-state index is 13.9. The van der Waals surface area contributed by atoms with Crippen LogP contribution in [-0.4, -0.2) is 26.4 Å². The van der Waals surface area contributed by atoms with Crippen LogP contribution >= 0.6 is 0 Å². The summed E-state index contributed by atoms with van der Waals surface area (Å²) in [5.41, 5.74) is 0.317. The fourth-order valence-corrected chi connectivity index (χ4v) is 1.47. The molecule has 1 atom stereocenters. The highest BCUT2D eigenvalue weighted by atomic mass is 19.1. The number of benzene rings is 1. The second-order valence-corrected chi connectivity index (χ2v) is 3.22. The minimum absolute atomic E-state index is 0.0346. The highest BCUT2D eigenvalue weighted by Crippen LogP contribution is 2.40. The second-order valence-electron chi connectivity index (χ2n) is 3.22. The molecule has 0 aromatic heterocycles. The van der Waals surface area contributed by atoms with Gasteiger partial charge in [-0.15, -0.1) is 0 Å². The average molecular weight is 230 g/mol. The van der Waals surface area contributed by atoms with Crippen molar-refractivity contribution in [1.29, 1.82) is 0 Å². The van der Waals surface area contributed by atoms with Gasteiger partial charge in [-0.1, -0.05) is 0 Å². The largest absolute Gasteiger partial charge is 0.493 e. The summed E-state index contributed by atoms with van der Waals surface area (Å²) in [5.74, 6) is -0.534. The lowest BCUT2D eigenvalue weighted by Gasteiger charge is -2.16. The Labute approximate surface area is 93.6 Å². The molecule has 1 N–H and O–H groups in total. The number of methoxy groups -OCH3 is 3. The van der Waals surface area contributed by atoms with Crippen molar-refractivity contribution in [3.8, 4) is 17.2 Å². The first kappa shape index (κ1) is 12.6. The molecule has 0 saturated carbocycles. The molecule has 0 aliphatic rings. The molecular formula is C11H15FO4. The molecule has 0 fully saturated rings. The molecule has 0 aliphatic carbocycles. The fraction of sp³-hybridized carbons (Fsp3) is 0.455. The van der Waals surface area contributed by atoms with Gasteiger partial charge in [0, 0.05) is 5.56 Å². The number of hydrogen-bond acceptors (Lipinski definition) is 4. The zero-order valence-electron chi connectivity index (χ0n) is 9.70. The molecule has 4 nitrogen and oxygen atoms in total. The van der Waals surface area contributed by atoms with Crippen LogP contribution in [0.25, 0.3) is 0 Å². The van der Waals surface area contributed by atoms with Crippen LogP contribution in [0.3, 0.4) is 0 Å². The van der Waals surface area contributed by atoms with E-state index < -0.39 is 11.9 Å². The highest BCUT2D eigenvalue weighted by Gasteiger charge is 2.22. The van der Waals surface area contributed by atoms with Crippen LogP contribution in [0.15, 0.2) is 6.07 Å². The normalized spacial score (nSPS) is 12.1. The lowest BCUT2D eigenvalue weighted by atomic mass is 10.1. The van der Waals surface area contributed by atoms with Gasteiger partial charge in [-0.2, -0.15) is 4.39 Å². The summed E-state index contributed by atoms with van der Waals surface area (Å²) in [6.07, 6.45) is -0.857. The molecule has 0 aliphatic heterocycles. The average Bonchev–Trinajstić information content (AvgIpc) is 2.27. The van der Waals surface area contributed by atoms with Gasteiger partial charge in [-0.25, -0.2) is 0 Å². The Morgan fingerprint density at radius 1 is 1.12 bits per heavy atom. The molecule has 16 heavy (non-hydrogen) atoms. The van der Waals surface area contributed by atoms with Gasteiger partial charge in [0.05, 0.1) is 27.4 Å². The Kier molecular flexibility index (Phi) is 3.95. The van der Waals surface area contributed by atoms with E-state index in [1.165, 1.54) is 34.3 Å². The van der Waals surface area contributed by atoms with Crippen molar-refractivity contribution in [3.05, 3.63) is 17.4 Å². The van der Waals surface area contributed by atoms with E-state index in [9.17, 15) is 9.50 Å². The molecule has 0 radical (unpaired) electrons. The van der Waals surface area contributed by atoms with Gasteiger partial charge < -0.3 is 19.3 Å². The maximum atomic E-state index is 13.9.